The van der Waals surface area contributed by atoms with Gasteiger partial charge in [0.05, 0.1) is 0 Å². The lowest BCUT2D eigenvalue weighted by Gasteiger charge is -2.08. The normalized spacial score (nSPS) is 11.3. The van der Waals surface area contributed by atoms with E-state index in [1.165, 1.54) is 18.3 Å². The maximum absolute atomic E-state index is 11.4. The van der Waals surface area contributed by atoms with Crippen molar-refractivity contribution in [3.05, 3.63) is 48.2 Å². The van der Waals surface area contributed by atoms with Gasteiger partial charge in [-0.15, -0.1) is 0 Å². The first-order valence-electron chi connectivity index (χ1n) is 5.78. The Morgan fingerprint density at radius 3 is 2.50 bits per heavy atom. The fourth-order valence-electron chi connectivity index (χ4n) is 1.60. The van der Waals surface area contributed by atoms with Gasteiger partial charge in [-0.25, -0.2) is 13.4 Å². The third-order valence-corrected chi connectivity index (χ3v) is 3.87. The van der Waals surface area contributed by atoms with E-state index < -0.39 is 9.05 Å². The molecule has 0 radical (unpaired) electrons. The fourth-order valence-corrected chi connectivity index (χ4v) is 2.50. The highest BCUT2D eigenvalue weighted by Gasteiger charge is 2.18. The minimum absolute atomic E-state index is 0.0646. The molecule has 106 valence electrons. The quantitative estimate of drug-likeness (QED) is 0.857. The first-order valence-corrected chi connectivity index (χ1v) is 8.09. The van der Waals surface area contributed by atoms with Gasteiger partial charge in [0.2, 0.25) is 5.88 Å². The lowest BCUT2D eigenvalue weighted by molar-refractivity contribution is 0.299. The summed E-state index contributed by atoms with van der Waals surface area (Å²) in [6, 6.07) is 9.69. The van der Waals surface area contributed by atoms with Crippen LogP contribution in [0.15, 0.2) is 47.5 Å². The maximum atomic E-state index is 11.4. The van der Waals surface area contributed by atoms with Crippen LogP contribution in [-0.4, -0.2) is 25.1 Å². The molecule has 0 aliphatic carbocycles. The highest BCUT2D eigenvalue weighted by molar-refractivity contribution is 8.13. The summed E-state index contributed by atoms with van der Waals surface area (Å²) in [5.74, 6) is 0.365. The van der Waals surface area contributed by atoms with Gasteiger partial charge < -0.3 is 9.84 Å². The van der Waals surface area contributed by atoms with Gasteiger partial charge in [0.15, 0.2) is 0 Å². The average Bonchev–Trinajstić information content (AvgIpc) is 2.41. The Balaban J connectivity index is 2.26. The molecule has 0 fully saturated rings. The summed E-state index contributed by atoms with van der Waals surface area (Å²) >= 11 is 0. The van der Waals surface area contributed by atoms with Crippen LogP contribution >= 0.6 is 10.7 Å². The molecule has 2 aromatic rings. The largest absolute Gasteiger partial charge is 0.438 e. The highest BCUT2D eigenvalue weighted by Crippen LogP contribution is 2.28. The number of hydrogen-bond donors (Lipinski definition) is 1. The van der Waals surface area contributed by atoms with Gasteiger partial charge in [-0.3, -0.25) is 0 Å². The monoisotopic (exact) mass is 313 g/mol. The number of aliphatic hydroxyl groups is 1. The Labute approximate surface area is 121 Å². The zero-order valence-electron chi connectivity index (χ0n) is 10.4. The summed E-state index contributed by atoms with van der Waals surface area (Å²) in [6.45, 7) is 0.0646. The first kappa shape index (κ1) is 14.8. The van der Waals surface area contributed by atoms with Gasteiger partial charge in [-0.1, -0.05) is 12.1 Å². The van der Waals surface area contributed by atoms with E-state index in [0.29, 0.717) is 12.2 Å². The van der Waals surface area contributed by atoms with Crippen LogP contribution in [0.25, 0.3) is 0 Å². The molecule has 0 aliphatic heterocycles. The molecular weight excluding hydrogens is 302 g/mol. The summed E-state index contributed by atoms with van der Waals surface area (Å²) in [5.41, 5.74) is 0.950. The zero-order chi connectivity index (χ0) is 14.6. The minimum atomic E-state index is -3.92. The van der Waals surface area contributed by atoms with Crippen molar-refractivity contribution >= 4 is 19.7 Å². The van der Waals surface area contributed by atoms with Crippen molar-refractivity contribution in [2.24, 2.45) is 0 Å². The van der Waals surface area contributed by atoms with E-state index in [2.05, 4.69) is 4.98 Å². The van der Waals surface area contributed by atoms with Crippen LogP contribution in [0, 0.1) is 0 Å². The maximum Gasteiger partial charge on any atom is 0.266 e. The van der Waals surface area contributed by atoms with Crippen LogP contribution in [0.3, 0.4) is 0 Å². The summed E-state index contributed by atoms with van der Waals surface area (Å²) in [5, 5.41) is 8.83. The number of pyridine rings is 1. The molecule has 1 N–H and O–H groups in total. The van der Waals surface area contributed by atoms with Gasteiger partial charge in [-0.05, 0) is 36.2 Å². The Morgan fingerprint density at radius 1 is 1.20 bits per heavy atom. The van der Waals surface area contributed by atoms with Crippen molar-refractivity contribution in [3.63, 3.8) is 0 Å². The Bertz CT molecular complexity index is 686. The molecule has 0 aliphatic rings. The minimum Gasteiger partial charge on any atom is -0.438 e. The molecule has 0 saturated heterocycles. The molecule has 7 heteroatoms. The second kappa shape index (κ2) is 6.21. The van der Waals surface area contributed by atoms with E-state index in [9.17, 15) is 8.42 Å². The molecule has 1 aromatic carbocycles. The van der Waals surface area contributed by atoms with Gasteiger partial charge in [0, 0.05) is 23.5 Å². The summed E-state index contributed by atoms with van der Waals surface area (Å²) in [7, 11) is 1.40. The van der Waals surface area contributed by atoms with Gasteiger partial charge in [-0.2, -0.15) is 0 Å². The van der Waals surface area contributed by atoms with Crippen LogP contribution in [0.5, 0.6) is 11.6 Å². The molecule has 0 spiro atoms. The topological polar surface area (TPSA) is 76.5 Å². The van der Waals surface area contributed by atoms with Crippen LogP contribution in [0.1, 0.15) is 5.56 Å². The summed E-state index contributed by atoms with van der Waals surface area (Å²) < 4.78 is 28.2. The lowest BCUT2D eigenvalue weighted by Crippen LogP contribution is -1.98. The van der Waals surface area contributed by atoms with Crippen molar-refractivity contribution in [1.29, 1.82) is 0 Å². The van der Waals surface area contributed by atoms with Crippen LogP contribution in [0.4, 0.5) is 0 Å². The predicted molar refractivity (Wildman–Crippen MR) is 74.6 cm³/mol. The number of aromatic nitrogens is 1. The molecule has 0 amide bonds. The molecule has 1 aromatic heterocycles. The second-order valence-electron chi connectivity index (χ2n) is 3.96. The molecule has 5 nitrogen and oxygen atoms in total. The zero-order valence-corrected chi connectivity index (χ0v) is 11.9. The molecule has 0 unspecified atom stereocenters. The number of halogens is 1. The number of aliphatic hydroxyl groups excluding tert-OH is 1. The van der Waals surface area contributed by atoms with Crippen LogP contribution in [0.2, 0.25) is 0 Å². The van der Waals surface area contributed by atoms with E-state index in [0.717, 1.165) is 5.56 Å². The number of hydrogen-bond acceptors (Lipinski definition) is 5. The third kappa shape index (κ3) is 3.69. The first-order chi connectivity index (χ1) is 9.50. The molecule has 20 heavy (non-hydrogen) atoms. The smallest absolute Gasteiger partial charge is 0.266 e. The molecule has 0 bridgehead atoms. The van der Waals surface area contributed by atoms with Crippen molar-refractivity contribution in [2.75, 3.05) is 6.61 Å². The van der Waals surface area contributed by atoms with Crippen molar-refractivity contribution in [2.45, 2.75) is 11.3 Å². The standard InChI is InChI=1S/C13H12ClNO4S/c14-20(17,18)12-2-1-8-15-13(12)19-11-5-3-10(4-6-11)7-9-16/h1-6,8,16H,7,9H2. The van der Waals surface area contributed by atoms with Crippen molar-refractivity contribution in [3.8, 4) is 11.6 Å². The van der Waals surface area contributed by atoms with E-state index in [1.807, 2.05) is 0 Å². The number of nitrogens with zero attached hydrogens (tertiary/aromatic N) is 1. The molecule has 0 atom stereocenters. The Hall–Kier alpha value is -1.63. The summed E-state index contributed by atoms with van der Waals surface area (Å²) in [6.07, 6.45) is 1.96. The SMILES string of the molecule is O=S(=O)(Cl)c1cccnc1Oc1ccc(CCO)cc1. The number of ether oxygens (including phenoxy) is 1. The number of benzene rings is 1. The molecular formula is C13H12ClNO4S. The van der Waals surface area contributed by atoms with E-state index in [1.54, 1.807) is 24.3 Å². The Morgan fingerprint density at radius 2 is 1.90 bits per heavy atom. The van der Waals surface area contributed by atoms with E-state index in [4.69, 9.17) is 20.5 Å². The summed E-state index contributed by atoms with van der Waals surface area (Å²) in [4.78, 5) is 3.69. The lowest BCUT2D eigenvalue weighted by atomic mass is 10.1. The third-order valence-electron chi connectivity index (χ3n) is 2.54. The van der Waals surface area contributed by atoms with Gasteiger partial charge in [0.1, 0.15) is 10.6 Å². The molecule has 2 rings (SSSR count). The van der Waals surface area contributed by atoms with Gasteiger partial charge >= 0.3 is 0 Å². The van der Waals surface area contributed by atoms with Gasteiger partial charge in [0.25, 0.3) is 9.05 Å². The molecule has 0 saturated carbocycles. The highest BCUT2D eigenvalue weighted by atomic mass is 35.7. The van der Waals surface area contributed by atoms with Crippen molar-refractivity contribution < 1.29 is 18.3 Å². The number of rotatable bonds is 5. The van der Waals surface area contributed by atoms with Crippen molar-refractivity contribution in [1.82, 2.24) is 4.98 Å². The molecule has 1 heterocycles. The van der Waals surface area contributed by atoms with E-state index >= 15 is 0 Å². The van der Waals surface area contributed by atoms with Crippen LogP contribution in [-0.2, 0) is 15.5 Å². The second-order valence-corrected chi connectivity index (χ2v) is 6.50. The average molecular weight is 314 g/mol. The Kier molecular flexibility index (Phi) is 4.59. The fraction of sp³-hybridized carbons (Fsp3) is 0.154. The predicted octanol–water partition coefficient (Wildman–Crippen LogP) is 2.34. The van der Waals surface area contributed by atoms with E-state index in [-0.39, 0.29) is 17.4 Å². The van der Waals surface area contributed by atoms with Crippen LogP contribution < -0.4 is 4.74 Å².